The maximum atomic E-state index is 12.7. The highest BCUT2D eigenvalue weighted by molar-refractivity contribution is 5.85. The average molecular weight is 331 g/mol. The van der Waals surface area contributed by atoms with Crippen molar-refractivity contribution in [3.8, 4) is 0 Å². The van der Waals surface area contributed by atoms with E-state index in [0.717, 1.165) is 37.7 Å². The Kier molecular flexibility index (Phi) is 6.83. The third-order valence-electron chi connectivity index (χ3n) is 4.99. The normalized spacial score (nSPS) is 18.6. The minimum Gasteiger partial charge on any atom is -0.452 e. The molecule has 0 bridgehead atoms. The molecule has 132 valence electrons. The summed E-state index contributed by atoms with van der Waals surface area (Å²) in [5.74, 6) is -0.682. The molecule has 0 aromatic heterocycles. The van der Waals surface area contributed by atoms with Gasteiger partial charge in [0, 0.05) is 6.04 Å². The molecule has 1 aliphatic carbocycles. The second-order valence-corrected chi connectivity index (χ2v) is 6.84. The zero-order valence-electron chi connectivity index (χ0n) is 15.0. The SMILES string of the molecule is CC[C@H](C)[C@@H](C(=O)O[C@@H](C)C(=O)NC1CCCC1)c1ccccc1. The van der Waals surface area contributed by atoms with Crippen molar-refractivity contribution in [2.24, 2.45) is 5.92 Å². The second-order valence-electron chi connectivity index (χ2n) is 6.84. The van der Waals surface area contributed by atoms with Gasteiger partial charge >= 0.3 is 5.97 Å². The summed E-state index contributed by atoms with van der Waals surface area (Å²) >= 11 is 0. The summed E-state index contributed by atoms with van der Waals surface area (Å²) in [4.78, 5) is 24.9. The van der Waals surface area contributed by atoms with Crippen LogP contribution in [0.15, 0.2) is 30.3 Å². The molecule has 2 rings (SSSR count). The Morgan fingerprint density at radius 2 is 1.79 bits per heavy atom. The molecule has 0 saturated heterocycles. The van der Waals surface area contributed by atoms with Crippen molar-refractivity contribution in [2.45, 2.75) is 70.9 Å². The lowest BCUT2D eigenvalue weighted by Crippen LogP contribution is -2.41. The largest absolute Gasteiger partial charge is 0.452 e. The van der Waals surface area contributed by atoms with Crippen molar-refractivity contribution in [3.05, 3.63) is 35.9 Å². The van der Waals surface area contributed by atoms with Gasteiger partial charge in [0.2, 0.25) is 0 Å². The van der Waals surface area contributed by atoms with Gasteiger partial charge < -0.3 is 10.1 Å². The van der Waals surface area contributed by atoms with Crippen molar-refractivity contribution in [3.63, 3.8) is 0 Å². The summed E-state index contributed by atoms with van der Waals surface area (Å²) in [6.45, 7) is 5.76. The Morgan fingerprint density at radius 3 is 2.38 bits per heavy atom. The number of hydrogen-bond acceptors (Lipinski definition) is 3. The van der Waals surface area contributed by atoms with Crippen LogP contribution >= 0.6 is 0 Å². The van der Waals surface area contributed by atoms with E-state index in [1.807, 2.05) is 37.3 Å². The predicted molar refractivity (Wildman–Crippen MR) is 94.6 cm³/mol. The fourth-order valence-corrected chi connectivity index (χ4v) is 3.28. The molecule has 0 unspecified atom stereocenters. The number of nitrogens with one attached hydrogen (secondary N) is 1. The van der Waals surface area contributed by atoms with Gasteiger partial charge in [0.1, 0.15) is 0 Å². The number of carbonyl (C=O) groups is 2. The van der Waals surface area contributed by atoms with Crippen LogP contribution in [0, 0.1) is 5.92 Å². The lowest BCUT2D eigenvalue weighted by atomic mass is 9.85. The number of ether oxygens (including phenoxy) is 1. The summed E-state index contributed by atoms with van der Waals surface area (Å²) < 4.78 is 5.51. The Bertz CT molecular complexity index is 537. The van der Waals surface area contributed by atoms with Crippen LogP contribution in [0.4, 0.5) is 0 Å². The van der Waals surface area contributed by atoms with Gasteiger partial charge in [-0.2, -0.15) is 0 Å². The Hall–Kier alpha value is -1.84. The molecule has 0 spiro atoms. The second kappa shape index (κ2) is 8.86. The molecule has 1 aromatic rings. The molecule has 0 aliphatic heterocycles. The molecule has 1 fully saturated rings. The topological polar surface area (TPSA) is 55.4 Å². The smallest absolute Gasteiger partial charge is 0.314 e. The van der Waals surface area contributed by atoms with Gasteiger partial charge in [-0.3, -0.25) is 9.59 Å². The van der Waals surface area contributed by atoms with Crippen LogP contribution in [0.2, 0.25) is 0 Å². The van der Waals surface area contributed by atoms with E-state index in [9.17, 15) is 9.59 Å². The molecule has 0 heterocycles. The molecule has 4 heteroatoms. The molecule has 0 radical (unpaired) electrons. The molecule has 1 saturated carbocycles. The standard InChI is InChI=1S/C20H29NO3/c1-4-14(2)18(16-10-6-5-7-11-16)20(23)24-15(3)19(22)21-17-12-8-9-13-17/h5-7,10-11,14-15,17-18H,4,8-9,12-13H2,1-3H3,(H,21,22)/t14-,15-,18+/m0/s1. The van der Waals surface area contributed by atoms with Gasteiger partial charge in [-0.15, -0.1) is 0 Å². The van der Waals surface area contributed by atoms with Gasteiger partial charge in [-0.05, 0) is 31.2 Å². The first kappa shape index (κ1) is 18.5. The van der Waals surface area contributed by atoms with E-state index in [1.165, 1.54) is 0 Å². The lowest BCUT2D eigenvalue weighted by Gasteiger charge is -2.24. The number of rotatable bonds is 7. The van der Waals surface area contributed by atoms with Crippen LogP contribution in [-0.2, 0) is 14.3 Å². The fraction of sp³-hybridized carbons (Fsp3) is 0.600. The summed E-state index contributed by atoms with van der Waals surface area (Å²) in [7, 11) is 0. The molecular weight excluding hydrogens is 302 g/mol. The first-order valence-electron chi connectivity index (χ1n) is 9.08. The minimum absolute atomic E-state index is 0.157. The first-order valence-corrected chi connectivity index (χ1v) is 9.08. The number of esters is 1. The van der Waals surface area contributed by atoms with Crippen LogP contribution in [0.25, 0.3) is 0 Å². The number of carbonyl (C=O) groups excluding carboxylic acids is 2. The lowest BCUT2D eigenvalue weighted by molar-refractivity contribution is -0.157. The van der Waals surface area contributed by atoms with Gasteiger partial charge in [0.25, 0.3) is 5.91 Å². The molecule has 1 aliphatic rings. The summed E-state index contributed by atoms with van der Waals surface area (Å²) in [6.07, 6.45) is 4.47. The Balaban J connectivity index is 1.99. The highest BCUT2D eigenvalue weighted by atomic mass is 16.5. The van der Waals surface area contributed by atoms with Gasteiger partial charge in [-0.1, -0.05) is 63.4 Å². The molecule has 24 heavy (non-hydrogen) atoms. The van der Waals surface area contributed by atoms with Gasteiger partial charge in [-0.25, -0.2) is 0 Å². The minimum atomic E-state index is -0.756. The molecule has 1 N–H and O–H groups in total. The van der Waals surface area contributed by atoms with E-state index in [-0.39, 0.29) is 29.8 Å². The van der Waals surface area contributed by atoms with Crippen molar-refractivity contribution in [2.75, 3.05) is 0 Å². The quantitative estimate of drug-likeness (QED) is 0.773. The number of benzene rings is 1. The van der Waals surface area contributed by atoms with Crippen LogP contribution in [0.3, 0.4) is 0 Å². The maximum absolute atomic E-state index is 12.7. The van der Waals surface area contributed by atoms with Crippen molar-refractivity contribution in [1.82, 2.24) is 5.32 Å². The summed E-state index contributed by atoms with van der Waals surface area (Å²) in [6, 6.07) is 9.91. The zero-order valence-corrected chi connectivity index (χ0v) is 15.0. The van der Waals surface area contributed by atoms with Crippen LogP contribution in [-0.4, -0.2) is 24.0 Å². The summed E-state index contributed by atoms with van der Waals surface area (Å²) in [5.41, 5.74) is 0.945. The molecule has 1 amide bonds. The van der Waals surface area contributed by atoms with E-state index in [0.29, 0.717) is 0 Å². The van der Waals surface area contributed by atoms with Gasteiger partial charge in [0.15, 0.2) is 6.10 Å². The number of amides is 1. The van der Waals surface area contributed by atoms with E-state index in [2.05, 4.69) is 12.2 Å². The van der Waals surface area contributed by atoms with Gasteiger partial charge in [0.05, 0.1) is 5.92 Å². The van der Waals surface area contributed by atoms with Crippen LogP contribution < -0.4 is 5.32 Å². The van der Waals surface area contributed by atoms with E-state index in [4.69, 9.17) is 4.74 Å². The summed E-state index contributed by atoms with van der Waals surface area (Å²) in [5, 5.41) is 2.99. The van der Waals surface area contributed by atoms with Crippen molar-refractivity contribution < 1.29 is 14.3 Å². The highest BCUT2D eigenvalue weighted by Crippen LogP contribution is 2.28. The first-order chi connectivity index (χ1) is 11.5. The maximum Gasteiger partial charge on any atom is 0.314 e. The van der Waals surface area contributed by atoms with Crippen molar-refractivity contribution in [1.29, 1.82) is 0 Å². The van der Waals surface area contributed by atoms with Crippen molar-refractivity contribution >= 4 is 11.9 Å². The number of hydrogen-bond donors (Lipinski definition) is 1. The Labute approximate surface area is 145 Å². The molecule has 1 aromatic carbocycles. The van der Waals surface area contributed by atoms with Crippen LogP contribution in [0.5, 0.6) is 0 Å². The van der Waals surface area contributed by atoms with E-state index in [1.54, 1.807) is 6.92 Å². The third kappa shape index (κ3) is 4.83. The average Bonchev–Trinajstić information content (AvgIpc) is 3.08. The fourth-order valence-electron chi connectivity index (χ4n) is 3.28. The van der Waals surface area contributed by atoms with Crippen LogP contribution in [0.1, 0.15) is 64.4 Å². The van der Waals surface area contributed by atoms with E-state index >= 15 is 0 Å². The molecule has 3 atom stereocenters. The van der Waals surface area contributed by atoms with E-state index < -0.39 is 6.10 Å². The zero-order chi connectivity index (χ0) is 17.5. The predicted octanol–water partition coefficient (Wildman–Crippen LogP) is 3.81. The third-order valence-corrected chi connectivity index (χ3v) is 4.99. The highest BCUT2D eigenvalue weighted by Gasteiger charge is 2.30. The monoisotopic (exact) mass is 331 g/mol. The molecule has 4 nitrogen and oxygen atoms in total. The molecular formula is C20H29NO3. The Morgan fingerprint density at radius 1 is 1.17 bits per heavy atom.